The SMILES string of the molecule is CCC1CC(NS(=O)Cc2cc(C)on2)CC1c1nnc2cnc3[nH]ccc3n12. The lowest BCUT2D eigenvalue weighted by Gasteiger charge is -2.16. The Morgan fingerprint density at radius 3 is 3.07 bits per heavy atom. The molecule has 2 N–H and O–H groups in total. The molecule has 4 heterocycles. The van der Waals surface area contributed by atoms with E-state index in [0.29, 0.717) is 17.4 Å². The van der Waals surface area contributed by atoms with Crippen LogP contribution >= 0.6 is 0 Å². The minimum atomic E-state index is -1.20. The van der Waals surface area contributed by atoms with Gasteiger partial charge in [-0.3, -0.25) is 4.40 Å². The highest BCUT2D eigenvalue weighted by atomic mass is 32.2. The first kappa shape index (κ1) is 18.4. The van der Waals surface area contributed by atoms with Gasteiger partial charge in [0.15, 0.2) is 11.3 Å². The van der Waals surface area contributed by atoms with Crippen LogP contribution in [0.3, 0.4) is 0 Å². The molecule has 0 amide bonds. The normalized spacial score (nSPS) is 23.3. The second-order valence-corrected chi connectivity index (χ2v) is 8.92. The van der Waals surface area contributed by atoms with Gasteiger partial charge in [-0.2, -0.15) is 0 Å². The van der Waals surface area contributed by atoms with Crippen LogP contribution in [-0.4, -0.2) is 40.0 Å². The summed E-state index contributed by atoms with van der Waals surface area (Å²) in [7, 11) is -1.20. The summed E-state index contributed by atoms with van der Waals surface area (Å²) in [5.41, 5.74) is 3.27. The van der Waals surface area contributed by atoms with Gasteiger partial charge in [-0.25, -0.2) is 13.9 Å². The van der Waals surface area contributed by atoms with Gasteiger partial charge in [-0.15, -0.1) is 10.2 Å². The molecule has 9 nitrogen and oxygen atoms in total. The van der Waals surface area contributed by atoms with E-state index in [9.17, 15) is 4.21 Å². The largest absolute Gasteiger partial charge is 0.361 e. The smallest absolute Gasteiger partial charge is 0.179 e. The predicted octanol–water partition coefficient (Wildman–Crippen LogP) is 2.63. The minimum Gasteiger partial charge on any atom is -0.361 e. The lowest BCUT2D eigenvalue weighted by molar-refractivity contribution is 0.392. The van der Waals surface area contributed by atoms with E-state index in [0.717, 1.165) is 47.7 Å². The maximum absolute atomic E-state index is 12.6. The van der Waals surface area contributed by atoms with Crippen LogP contribution < -0.4 is 4.72 Å². The van der Waals surface area contributed by atoms with Gasteiger partial charge in [0.05, 0.1) is 34.1 Å². The number of fused-ring (bicyclic) bond motifs is 3. The number of aromatic amines is 1. The van der Waals surface area contributed by atoms with Crippen molar-refractivity contribution in [2.24, 2.45) is 5.92 Å². The van der Waals surface area contributed by atoms with Crippen molar-refractivity contribution in [2.45, 2.75) is 50.8 Å². The molecule has 1 fully saturated rings. The summed E-state index contributed by atoms with van der Waals surface area (Å²) in [6.45, 7) is 4.03. The lowest BCUT2D eigenvalue weighted by Crippen LogP contribution is -2.29. The molecule has 152 valence electrons. The third-order valence-corrected chi connectivity index (χ3v) is 6.93. The maximum Gasteiger partial charge on any atom is 0.179 e. The van der Waals surface area contributed by atoms with E-state index < -0.39 is 11.0 Å². The van der Waals surface area contributed by atoms with Crippen molar-refractivity contribution in [3.8, 4) is 0 Å². The number of aryl methyl sites for hydroxylation is 1. The highest BCUT2D eigenvalue weighted by Crippen LogP contribution is 2.41. The highest BCUT2D eigenvalue weighted by Gasteiger charge is 2.37. The molecule has 1 aliphatic carbocycles. The topological polar surface area (TPSA) is 114 Å². The van der Waals surface area contributed by atoms with Crippen LogP contribution in [0.4, 0.5) is 0 Å². The van der Waals surface area contributed by atoms with Gasteiger partial charge in [0.1, 0.15) is 11.6 Å². The molecule has 1 saturated carbocycles. The van der Waals surface area contributed by atoms with E-state index in [-0.39, 0.29) is 12.0 Å². The summed E-state index contributed by atoms with van der Waals surface area (Å²) < 4.78 is 23.0. The number of nitrogens with zero attached hydrogens (tertiary/aromatic N) is 5. The van der Waals surface area contributed by atoms with Gasteiger partial charge in [0.25, 0.3) is 0 Å². The molecule has 4 aromatic rings. The van der Waals surface area contributed by atoms with Gasteiger partial charge in [0, 0.05) is 24.2 Å². The Morgan fingerprint density at radius 2 is 2.28 bits per heavy atom. The standard InChI is InChI=1S/C19H23N7O2S/c1-3-12-7-13(25-29(27)10-14-6-11(2)28-24-14)8-15(12)19-23-22-17-9-21-18-16(26(17)19)4-5-20-18/h4-6,9,12-13,15,20,25H,3,7-8,10H2,1-2H3. The highest BCUT2D eigenvalue weighted by molar-refractivity contribution is 7.82. The fraction of sp³-hybridized carbons (Fsp3) is 0.474. The van der Waals surface area contributed by atoms with Crippen molar-refractivity contribution in [3.63, 3.8) is 0 Å². The summed E-state index contributed by atoms with van der Waals surface area (Å²) in [5.74, 6) is 2.74. The molecule has 0 spiro atoms. The van der Waals surface area contributed by atoms with Crippen molar-refractivity contribution in [1.29, 1.82) is 0 Å². The molecular formula is C19H23N7O2S. The van der Waals surface area contributed by atoms with Gasteiger partial charge in [0.2, 0.25) is 0 Å². The van der Waals surface area contributed by atoms with Crippen molar-refractivity contribution < 1.29 is 8.73 Å². The number of aromatic nitrogens is 6. The van der Waals surface area contributed by atoms with E-state index in [2.05, 4.69) is 41.4 Å². The average Bonchev–Trinajstić information content (AvgIpc) is 3.46. The fourth-order valence-electron chi connectivity index (χ4n) is 4.47. The monoisotopic (exact) mass is 413 g/mol. The fourth-order valence-corrected chi connectivity index (χ4v) is 5.53. The first-order valence-corrected chi connectivity index (χ1v) is 11.2. The van der Waals surface area contributed by atoms with Crippen molar-refractivity contribution in [1.82, 2.24) is 34.4 Å². The molecule has 5 rings (SSSR count). The van der Waals surface area contributed by atoms with Crippen LogP contribution in [0.5, 0.6) is 0 Å². The van der Waals surface area contributed by atoms with Crippen molar-refractivity contribution in [3.05, 3.63) is 41.8 Å². The second kappa shape index (κ2) is 7.34. The quantitative estimate of drug-likeness (QED) is 0.502. The Hall–Kier alpha value is -2.59. The molecule has 0 aliphatic heterocycles. The summed E-state index contributed by atoms with van der Waals surface area (Å²) in [6.07, 6.45) is 6.49. The van der Waals surface area contributed by atoms with Crippen LogP contribution in [0.25, 0.3) is 16.8 Å². The lowest BCUT2D eigenvalue weighted by atomic mass is 9.93. The predicted molar refractivity (Wildman–Crippen MR) is 108 cm³/mol. The third-order valence-electron chi connectivity index (χ3n) is 5.77. The third kappa shape index (κ3) is 3.36. The van der Waals surface area contributed by atoms with Crippen molar-refractivity contribution >= 4 is 27.8 Å². The van der Waals surface area contributed by atoms with E-state index in [1.807, 2.05) is 25.3 Å². The summed E-state index contributed by atoms with van der Waals surface area (Å²) in [6, 6.07) is 3.99. The van der Waals surface area contributed by atoms with Gasteiger partial charge >= 0.3 is 0 Å². The molecule has 1 aliphatic rings. The van der Waals surface area contributed by atoms with Crippen LogP contribution in [0.1, 0.15) is 49.4 Å². The number of H-pyrrole nitrogens is 1. The summed E-state index contributed by atoms with van der Waals surface area (Å²) in [5, 5.41) is 12.8. The van der Waals surface area contributed by atoms with E-state index >= 15 is 0 Å². The molecule has 0 saturated heterocycles. The van der Waals surface area contributed by atoms with Gasteiger partial charge in [-0.05, 0) is 31.7 Å². The Labute approximate surface area is 169 Å². The zero-order chi connectivity index (χ0) is 20.0. The summed E-state index contributed by atoms with van der Waals surface area (Å²) in [4.78, 5) is 7.55. The van der Waals surface area contributed by atoms with E-state index in [1.165, 1.54) is 0 Å². The zero-order valence-electron chi connectivity index (χ0n) is 16.3. The maximum atomic E-state index is 12.6. The van der Waals surface area contributed by atoms with Crippen LogP contribution in [0.2, 0.25) is 0 Å². The molecule has 10 heteroatoms. The average molecular weight is 414 g/mol. The zero-order valence-corrected chi connectivity index (χ0v) is 17.1. The first-order valence-electron chi connectivity index (χ1n) is 9.86. The van der Waals surface area contributed by atoms with Crippen LogP contribution in [-0.2, 0) is 16.7 Å². The molecule has 29 heavy (non-hydrogen) atoms. The second-order valence-electron chi connectivity index (χ2n) is 7.70. The molecule has 0 bridgehead atoms. The van der Waals surface area contributed by atoms with Crippen LogP contribution in [0.15, 0.2) is 29.0 Å². The van der Waals surface area contributed by atoms with Crippen molar-refractivity contribution in [2.75, 3.05) is 0 Å². The Balaban J connectivity index is 1.38. The molecule has 4 aromatic heterocycles. The molecule has 0 radical (unpaired) electrons. The number of hydrogen-bond donors (Lipinski definition) is 2. The Bertz CT molecular complexity index is 1180. The number of rotatable bonds is 6. The van der Waals surface area contributed by atoms with Gasteiger partial charge in [-0.1, -0.05) is 18.5 Å². The molecule has 0 aromatic carbocycles. The van der Waals surface area contributed by atoms with E-state index in [1.54, 1.807) is 6.20 Å². The number of hydrogen-bond acceptors (Lipinski definition) is 6. The molecule has 4 unspecified atom stereocenters. The Morgan fingerprint density at radius 1 is 1.38 bits per heavy atom. The summed E-state index contributed by atoms with van der Waals surface area (Å²) >= 11 is 0. The minimum absolute atomic E-state index is 0.162. The van der Waals surface area contributed by atoms with Gasteiger partial charge < -0.3 is 9.51 Å². The number of nitrogens with one attached hydrogen (secondary N) is 2. The van der Waals surface area contributed by atoms with Crippen LogP contribution in [0, 0.1) is 12.8 Å². The first-order chi connectivity index (χ1) is 14.1. The van der Waals surface area contributed by atoms with E-state index in [4.69, 9.17) is 4.52 Å². The molecule has 4 atom stereocenters. The Kier molecular flexibility index (Phi) is 4.67. The molecular weight excluding hydrogens is 390 g/mol.